The first-order valence-electron chi connectivity index (χ1n) is 4.20. The Morgan fingerprint density at radius 3 is 3.00 bits per heavy atom. The minimum Gasteiger partial charge on any atom is -0.465 e. The van der Waals surface area contributed by atoms with Crippen molar-refractivity contribution >= 4 is 28.3 Å². The van der Waals surface area contributed by atoms with Gasteiger partial charge in [0.2, 0.25) is 5.91 Å². The number of nitrogens with zero attached hydrogens (tertiary/aromatic N) is 1. The summed E-state index contributed by atoms with van der Waals surface area (Å²) in [7, 11) is 1.31. The van der Waals surface area contributed by atoms with E-state index >= 15 is 0 Å². The first-order chi connectivity index (χ1) is 7.13. The van der Waals surface area contributed by atoms with Crippen molar-refractivity contribution in [3.05, 3.63) is 11.1 Å². The van der Waals surface area contributed by atoms with Crippen LogP contribution < -0.4 is 11.1 Å². The molecule has 0 unspecified atom stereocenters. The van der Waals surface area contributed by atoms with Gasteiger partial charge in [-0.05, 0) is 0 Å². The zero-order chi connectivity index (χ0) is 11.3. The lowest BCUT2D eigenvalue weighted by atomic mass is 10.4. The maximum absolute atomic E-state index is 11.1. The lowest BCUT2D eigenvalue weighted by Crippen LogP contribution is -2.15. The Morgan fingerprint density at radius 1 is 1.67 bits per heavy atom. The van der Waals surface area contributed by atoms with Crippen molar-refractivity contribution in [1.29, 1.82) is 0 Å². The molecule has 3 N–H and O–H groups in total. The predicted molar refractivity (Wildman–Crippen MR) is 55.8 cm³/mol. The van der Waals surface area contributed by atoms with Crippen LogP contribution in [0.25, 0.3) is 0 Å². The van der Waals surface area contributed by atoms with Crippen LogP contribution in [0.5, 0.6) is 0 Å². The van der Waals surface area contributed by atoms with Crippen molar-refractivity contribution in [3.8, 4) is 0 Å². The molecule has 0 radical (unpaired) electrons. The Labute approximate surface area is 90.4 Å². The third-order valence-electron chi connectivity index (χ3n) is 1.54. The van der Waals surface area contributed by atoms with Crippen LogP contribution in [0.3, 0.4) is 0 Å². The van der Waals surface area contributed by atoms with Crippen LogP contribution >= 0.6 is 11.3 Å². The number of nitrogens with two attached hydrogens (primary N) is 1. The average Bonchev–Trinajstić information content (AvgIpc) is 2.65. The predicted octanol–water partition coefficient (Wildman–Crippen LogP) is 0.217. The van der Waals surface area contributed by atoms with E-state index in [0.717, 1.165) is 0 Å². The highest BCUT2D eigenvalue weighted by molar-refractivity contribution is 7.17. The number of rotatable bonds is 5. The smallest absolute Gasteiger partial charge is 0.349 e. The summed E-state index contributed by atoms with van der Waals surface area (Å²) in [5.74, 6) is -0.803. The Hall–Kier alpha value is -1.63. The standard InChI is InChI=1S/C8H11N3O3S/c1-14-7(13)5-4-11-8(15-5)10-3-2-6(9)12/h4H,2-3H2,1H3,(H2,9,12)(H,10,11). The summed E-state index contributed by atoms with van der Waals surface area (Å²) in [5.41, 5.74) is 4.96. The zero-order valence-corrected chi connectivity index (χ0v) is 8.97. The van der Waals surface area contributed by atoms with Crippen molar-refractivity contribution < 1.29 is 14.3 Å². The van der Waals surface area contributed by atoms with Crippen LogP contribution in [0.1, 0.15) is 16.1 Å². The van der Waals surface area contributed by atoms with Gasteiger partial charge >= 0.3 is 5.97 Å². The topological polar surface area (TPSA) is 94.3 Å². The molecule has 7 heteroatoms. The molecule has 0 saturated heterocycles. The molecule has 0 aliphatic rings. The second-order valence-electron chi connectivity index (χ2n) is 2.66. The number of hydrogen-bond acceptors (Lipinski definition) is 6. The molecule has 15 heavy (non-hydrogen) atoms. The molecule has 0 aromatic carbocycles. The maximum atomic E-state index is 11.1. The number of anilines is 1. The van der Waals surface area contributed by atoms with Gasteiger partial charge in [0.05, 0.1) is 13.3 Å². The summed E-state index contributed by atoms with van der Waals surface area (Å²) < 4.78 is 4.52. The number of nitrogens with one attached hydrogen (secondary N) is 1. The highest BCUT2D eigenvalue weighted by Crippen LogP contribution is 2.18. The van der Waals surface area contributed by atoms with Crippen LogP contribution in [0.4, 0.5) is 5.13 Å². The molecule has 0 aliphatic carbocycles. The largest absolute Gasteiger partial charge is 0.465 e. The van der Waals surface area contributed by atoms with E-state index in [1.807, 2.05) is 0 Å². The second kappa shape index (κ2) is 5.30. The molecule has 0 spiro atoms. The monoisotopic (exact) mass is 229 g/mol. The number of methoxy groups -OCH3 is 1. The van der Waals surface area contributed by atoms with Crippen molar-refractivity contribution in [2.45, 2.75) is 6.42 Å². The minimum absolute atomic E-state index is 0.229. The number of thiazole rings is 1. The molecule has 1 aromatic heterocycles. The normalized spacial score (nSPS) is 9.67. The number of amides is 1. The fourth-order valence-electron chi connectivity index (χ4n) is 0.843. The first kappa shape index (κ1) is 11.4. The van der Waals surface area contributed by atoms with Gasteiger partial charge in [0.15, 0.2) is 5.13 Å². The molecule has 0 aliphatic heterocycles. The fraction of sp³-hybridized carbons (Fsp3) is 0.375. The van der Waals surface area contributed by atoms with Gasteiger partial charge in [-0.15, -0.1) is 0 Å². The number of aromatic nitrogens is 1. The number of primary amides is 1. The molecule has 0 atom stereocenters. The molecule has 1 aromatic rings. The van der Waals surface area contributed by atoms with Crippen molar-refractivity contribution in [1.82, 2.24) is 4.98 Å². The number of ether oxygens (including phenoxy) is 1. The highest BCUT2D eigenvalue weighted by atomic mass is 32.1. The van der Waals surface area contributed by atoms with Gasteiger partial charge in [0.25, 0.3) is 0 Å². The van der Waals surface area contributed by atoms with E-state index in [0.29, 0.717) is 16.6 Å². The van der Waals surface area contributed by atoms with Crippen molar-refractivity contribution in [2.75, 3.05) is 19.0 Å². The number of hydrogen-bond donors (Lipinski definition) is 2. The summed E-state index contributed by atoms with van der Waals surface area (Å²) in [5, 5.41) is 3.44. The van der Waals surface area contributed by atoms with E-state index in [1.165, 1.54) is 24.6 Å². The Morgan fingerprint density at radius 2 is 2.40 bits per heavy atom. The van der Waals surface area contributed by atoms with Crippen LogP contribution in [-0.4, -0.2) is 30.5 Å². The van der Waals surface area contributed by atoms with E-state index in [-0.39, 0.29) is 12.3 Å². The lowest BCUT2D eigenvalue weighted by molar-refractivity contribution is -0.117. The zero-order valence-electron chi connectivity index (χ0n) is 8.15. The van der Waals surface area contributed by atoms with Gasteiger partial charge in [-0.2, -0.15) is 0 Å². The second-order valence-corrected chi connectivity index (χ2v) is 3.69. The van der Waals surface area contributed by atoms with E-state index in [9.17, 15) is 9.59 Å². The molecular weight excluding hydrogens is 218 g/mol. The molecule has 0 saturated carbocycles. The van der Waals surface area contributed by atoms with Crippen molar-refractivity contribution in [3.63, 3.8) is 0 Å². The molecule has 1 rings (SSSR count). The maximum Gasteiger partial charge on any atom is 0.349 e. The molecule has 0 bridgehead atoms. The minimum atomic E-state index is -0.421. The number of esters is 1. The summed E-state index contributed by atoms with van der Waals surface area (Å²) >= 11 is 1.17. The summed E-state index contributed by atoms with van der Waals surface area (Å²) in [6.07, 6.45) is 1.65. The molecule has 82 valence electrons. The van der Waals surface area contributed by atoms with Crippen LogP contribution in [-0.2, 0) is 9.53 Å². The SMILES string of the molecule is COC(=O)c1cnc(NCCC(N)=O)s1. The molecule has 0 fully saturated rings. The molecule has 1 heterocycles. The Balaban J connectivity index is 2.46. The number of carbonyl (C=O) groups excluding carboxylic acids is 2. The molecule has 1 amide bonds. The third kappa shape index (κ3) is 3.55. The first-order valence-corrected chi connectivity index (χ1v) is 5.01. The summed E-state index contributed by atoms with van der Waals surface area (Å²) in [6, 6.07) is 0. The Bertz CT molecular complexity index is 364. The van der Waals surface area contributed by atoms with Gasteiger partial charge in [-0.1, -0.05) is 11.3 Å². The van der Waals surface area contributed by atoms with Crippen LogP contribution in [0, 0.1) is 0 Å². The van der Waals surface area contributed by atoms with E-state index < -0.39 is 5.97 Å². The van der Waals surface area contributed by atoms with E-state index in [1.54, 1.807) is 0 Å². The molecular formula is C8H11N3O3S. The van der Waals surface area contributed by atoms with Gasteiger partial charge in [-0.25, -0.2) is 9.78 Å². The number of carbonyl (C=O) groups is 2. The van der Waals surface area contributed by atoms with Gasteiger partial charge in [0.1, 0.15) is 4.88 Å². The van der Waals surface area contributed by atoms with Gasteiger partial charge in [-0.3, -0.25) is 4.79 Å². The van der Waals surface area contributed by atoms with Crippen LogP contribution in [0.2, 0.25) is 0 Å². The quantitative estimate of drug-likeness (QED) is 0.704. The van der Waals surface area contributed by atoms with Gasteiger partial charge in [0, 0.05) is 13.0 Å². The Kier molecular flexibility index (Phi) is 4.04. The summed E-state index contributed by atoms with van der Waals surface area (Å²) in [6.45, 7) is 0.406. The summed E-state index contributed by atoms with van der Waals surface area (Å²) in [4.78, 5) is 25.8. The highest BCUT2D eigenvalue weighted by Gasteiger charge is 2.09. The fourth-order valence-corrected chi connectivity index (χ4v) is 1.60. The van der Waals surface area contributed by atoms with Crippen molar-refractivity contribution in [2.24, 2.45) is 5.73 Å². The molecule has 6 nitrogen and oxygen atoms in total. The van der Waals surface area contributed by atoms with Gasteiger partial charge < -0.3 is 15.8 Å². The van der Waals surface area contributed by atoms with E-state index in [4.69, 9.17) is 5.73 Å². The van der Waals surface area contributed by atoms with E-state index in [2.05, 4.69) is 15.0 Å². The average molecular weight is 229 g/mol. The van der Waals surface area contributed by atoms with Crippen LogP contribution in [0.15, 0.2) is 6.20 Å². The lowest BCUT2D eigenvalue weighted by Gasteiger charge is -1.98. The third-order valence-corrected chi connectivity index (χ3v) is 2.47.